The minimum Gasteiger partial charge on any atom is -0.490 e. The first-order valence-electron chi connectivity index (χ1n) is 11.1. The molecule has 1 aliphatic heterocycles. The van der Waals surface area contributed by atoms with Gasteiger partial charge in [0.1, 0.15) is 5.75 Å². The van der Waals surface area contributed by atoms with Crippen molar-refractivity contribution in [2.45, 2.75) is 57.6 Å². The molecule has 1 heterocycles. The number of nitrogens with one attached hydrogen (secondary N) is 1. The molecule has 0 aromatic heterocycles. The standard InChI is InChI=1S/C25H30N2O3/c28-24(27-17-15-19-6-1-2-7-21(19)18-27)10-5-16-26-25(29)20-11-13-23(14-12-20)30-22-8-3-4-9-22/h1-2,6-7,11-14,22H,3-5,8-10,15-18H2,(H,26,29). The van der Waals surface area contributed by atoms with Crippen molar-refractivity contribution in [3.63, 3.8) is 0 Å². The zero-order valence-corrected chi connectivity index (χ0v) is 17.4. The maximum atomic E-state index is 12.5. The van der Waals surface area contributed by atoms with Crippen molar-refractivity contribution in [1.82, 2.24) is 10.2 Å². The van der Waals surface area contributed by atoms with Gasteiger partial charge in [0.2, 0.25) is 5.91 Å². The highest BCUT2D eigenvalue weighted by Gasteiger charge is 2.20. The van der Waals surface area contributed by atoms with E-state index in [1.165, 1.54) is 24.0 Å². The van der Waals surface area contributed by atoms with Crippen molar-refractivity contribution >= 4 is 11.8 Å². The second-order valence-electron chi connectivity index (χ2n) is 8.24. The van der Waals surface area contributed by atoms with Gasteiger partial charge in [0, 0.05) is 31.6 Å². The third kappa shape index (κ3) is 5.21. The number of benzene rings is 2. The van der Waals surface area contributed by atoms with Crippen LogP contribution in [0.25, 0.3) is 0 Å². The molecule has 1 aliphatic carbocycles. The second-order valence-corrected chi connectivity index (χ2v) is 8.24. The molecule has 0 radical (unpaired) electrons. The van der Waals surface area contributed by atoms with Gasteiger partial charge in [-0.1, -0.05) is 24.3 Å². The first-order chi connectivity index (χ1) is 14.7. The van der Waals surface area contributed by atoms with Gasteiger partial charge in [-0.2, -0.15) is 0 Å². The summed E-state index contributed by atoms with van der Waals surface area (Å²) in [5.41, 5.74) is 3.20. The van der Waals surface area contributed by atoms with Gasteiger partial charge in [-0.25, -0.2) is 0 Å². The van der Waals surface area contributed by atoms with Crippen molar-refractivity contribution in [1.29, 1.82) is 0 Å². The molecular formula is C25H30N2O3. The van der Waals surface area contributed by atoms with Crippen LogP contribution in [0.15, 0.2) is 48.5 Å². The Morgan fingerprint density at radius 2 is 1.73 bits per heavy atom. The quantitative estimate of drug-likeness (QED) is 0.704. The van der Waals surface area contributed by atoms with E-state index < -0.39 is 0 Å². The van der Waals surface area contributed by atoms with E-state index >= 15 is 0 Å². The van der Waals surface area contributed by atoms with E-state index in [2.05, 4.69) is 23.5 Å². The van der Waals surface area contributed by atoms with Gasteiger partial charge in [0.25, 0.3) is 5.91 Å². The van der Waals surface area contributed by atoms with E-state index in [1.807, 2.05) is 23.1 Å². The van der Waals surface area contributed by atoms with E-state index in [0.29, 0.717) is 37.6 Å². The molecule has 2 aromatic rings. The van der Waals surface area contributed by atoms with Gasteiger partial charge in [-0.15, -0.1) is 0 Å². The molecule has 0 saturated heterocycles. The Morgan fingerprint density at radius 3 is 2.50 bits per heavy atom. The van der Waals surface area contributed by atoms with Gasteiger partial charge in [-0.3, -0.25) is 9.59 Å². The van der Waals surface area contributed by atoms with Crippen LogP contribution < -0.4 is 10.1 Å². The molecule has 5 heteroatoms. The minimum atomic E-state index is -0.109. The molecule has 1 fully saturated rings. The molecule has 0 unspecified atom stereocenters. The average Bonchev–Trinajstić information content (AvgIpc) is 3.29. The summed E-state index contributed by atoms with van der Waals surface area (Å²) in [6.07, 6.45) is 7.03. The van der Waals surface area contributed by atoms with Crippen LogP contribution in [0.5, 0.6) is 5.75 Å². The summed E-state index contributed by atoms with van der Waals surface area (Å²) < 4.78 is 5.94. The van der Waals surface area contributed by atoms with Crippen molar-refractivity contribution in [2.75, 3.05) is 13.1 Å². The number of carbonyl (C=O) groups excluding carboxylic acids is 2. The summed E-state index contributed by atoms with van der Waals surface area (Å²) in [5.74, 6) is 0.876. The lowest BCUT2D eigenvalue weighted by atomic mass is 9.99. The number of amides is 2. The van der Waals surface area contributed by atoms with Gasteiger partial charge >= 0.3 is 0 Å². The number of rotatable bonds is 7. The van der Waals surface area contributed by atoms with Gasteiger partial charge in [0.05, 0.1) is 6.10 Å². The molecular weight excluding hydrogens is 376 g/mol. The Kier molecular flexibility index (Phi) is 6.67. The van der Waals surface area contributed by atoms with Crippen LogP contribution in [0.4, 0.5) is 0 Å². The predicted molar refractivity (Wildman–Crippen MR) is 116 cm³/mol. The summed E-state index contributed by atoms with van der Waals surface area (Å²) in [7, 11) is 0. The van der Waals surface area contributed by atoms with Crippen LogP contribution in [0.1, 0.15) is 60.0 Å². The average molecular weight is 407 g/mol. The molecule has 158 valence electrons. The fraction of sp³-hybridized carbons (Fsp3) is 0.440. The molecule has 4 rings (SSSR count). The maximum absolute atomic E-state index is 12.5. The minimum absolute atomic E-state index is 0.109. The summed E-state index contributed by atoms with van der Waals surface area (Å²) in [4.78, 5) is 26.8. The lowest BCUT2D eigenvalue weighted by Crippen LogP contribution is -2.36. The smallest absolute Gasteiger partial charge is 0.251 e. The number of carbonyl (C=O) groups is 2. The first-order valence-corrected chi connectivity index (χ1v) is 11.1. The Balaban J connectivity index is 1.17. The van der Waals surface area contributed by atoms with Crippen LogP contribution in [0.2, 0.25) is 0 Å². The molecule has 1 saturated carbocycles. The number of nitrogens with zero attached hydrogens (tertiary/aromatic N) is 1. The summed E-state index contributed by atoms with van der Waals surface area (Å²) in [5, 5.41) is 2.91. The molecule has 1 N–H and O–H groups in total. The zero-order chi connectivity index (χ0) is 20.8. The van der Waals surface area contributed by atoms with Crippen LogP contribution in [-0.4, -0.2) is 35.9 Å². The summed E-state index contributed by atoms with van der Waals surface area (Å²) in [6.45, 7) is 1.96. The molecule has 2 aliphatic rings. The Labute approximate surface area is 178 Å². The number of ether oxygens (including phenoxy) is 1. The highest BCUT2D eigenvalue weighted by molar-refractivity contribution is 5.94. The molecule has 0 atom stereocenters. The van der Waals surface area contributed by atoms with Crippen molar-refractivity contribution in [3.8, 4) is 5.75 Å². The fourth-order valence-corrected chi connectivity index (χ4v) is 4.29. The van der Waals surface area contributed by atoms with Crippen LogP contribution in [0, 0.1) is 0 Å². The molecule has 0 spiro atoms. The van der Waals surface area contributed by atoms with Crippen molar-refractivity contribution in [3.05, 3.63) is 65.2 Å². The van der Waals surface area contributed by atoms with Crippen molar-refractivity contribution in [2.24, 2.45) is 0 Å². The number of fused-ring (bicyclic) bond motifs is 1. The van der Waals surface area contributed by atoms with E-state index in [-0.39, 0.29) is 11.8 Å². The van der Waals surface area contributed by atoms with Gasteiger partial charge < -0.3 is 15.0 Å². The fourth-order valence-electron chi connectivity index (χ4n) is 4.29. The Morgan fingerprint density at radius 1 is 1.00 bits per heavy atom. The molecule has 2 amide bonds. The zero-order valence-electron chi connectivity index (χ0n) is 17.4. The molecule has 5 nitrogen and oxygen atoms in total. The van der Waals surface area contributed by atoms with Crippen LogP contribution in [-0.2, 0) is 17.8 Å². The van der Waals surface area contributed by atoms with Crippen LogP contribution in [0.3, 0.4) is 0 Å². The lowest BCUT2D eigenvalue weighted by molar-refractivity contribution is -0.132. The maximum Gasteiger partial charge on any atom is 0.251 e. The number of hydrogen-bond acceptors (Lipinski definition) is 3. The van der Waals surface area contributed by atoms with E-state index in [1.54, 1.807) is 12.1 Å². The number of hydrogen-bond donors (Lipinski definition) is 1. The van der Waals surface area contributed by atoms with Crippen LogP contribution >= 0.6 is 0 Å². The second kappa shape index (κ2) is 9.79. The molecule has 2 aromatic carbocycles. The summed E-state index contributed by atoms with van der Waals surface area (Å²) >= 11 is 0. The van der Waals surface area contributed by atoms with E-state index in [0.717, 1.165) is 31.6 Å². The van der Waals surface area contributed by atoms with Crippen molar-refractivity contribution < 1.29 is 14.3 Å². The Bertz CT molecular complexity index is 872. The normalized spacial score (nSPS) is 16.2. The summed E-state index contributed by atoms with van der Waals surface area (Å²) in [6, 6.07) is 15.6. The predicted octanol–water partition coefficient (Wildman–Crippen LogP) is 4.10. The largest absolute Gasteiger partial charge is 0.490 e. The van der Waals surface area contributed by atoms with Gasteiger partial charge in [0.15, 0.2) is 0 Å². The third-order valence-corrected chi connectivity index (χ3v) is 6.06. The monoisotopic (exact) mass is 406 g/mol. The highest BCUT2D eigenvalue weighted by atomic mass is 16.5. The first kappa shape index (κ1) is 20.5. The SMILES string of the molecule is O=C(NCCCC(=O)N1CCc2ccccc2C1)c1ccc(OC2CCCC2)cc1. The lowest BCUT2D eigenvalue weighted by Gasteiger charge is -2.29. The third-order valence-electron chi connectivity index (χ3n) is 6.06. The molecule has 30 heavy (non-hydrogen) atoms. The Hall–Kier alpha value is -2.82. The van der Waals surface area contributed by atoms with E-state index in [4.69, 9.17) is 4.74 Å². The highest BCUT2D eigenvalue weighted by Crippen LogP contribution is 2.24. The van der Waals surface area contributed by atoms with E-state index in [9.17, 15) is 9.59 Å². The van der Waals surface area contributed by atoms with Gasteiger partial charge in [-0.05, 0) is 73.9 Å². The topological polar surface area (TPSA) is 58.6 Å². The molecule has 0 bridgehead atoms.